The van der Waals surface area contributed by atoms with E-state index in [2.05, 4.69) is 21.4 Å². The number of ether oxygens (including phenoxy) is 1. The van der Waals surface area contributed by atoms with E-state index in [9.17, 15) is 13.6 Å². The molecule has 2 aromatic rings. The third-order valence-corrected chi connectivity index (χ3v) is 4.08. The highest BCUT2D eigenvalue weighted by Gasteiger charge is 2.30. The van der Waals surface area contributed by atoms with Crippen molar-refractivity contribution in [3.8, 4) is 11.9 Å². The van der Waals surface area contributed by atoms with E-state index in [0.717, 1.165) is 6.07 Å². The van der Waals surface area contributed by atoms with Crippen molar-refractivity contribution in [2.45, 2.75) is 25.3 Å². The number of benzene rings is 1. The highest BCUT2D eigenvalue weighted by Crippen LogP contribution is 2.30. The van der Waals surface area contributed by atoms with Crippen LogP contribution >= 0.6 is 0 Å². The lowest BCUT2D eigenvalue weighted by Gasteiger charge is -2.23. The molecule has 0 N–H and O–H groups in total. The molecular weight excluding hydrogens is 370 g/mol. The molecule has 0 aliphatic carbocycles. The number of carbonyl (C=O) groups excluding carboxylic acids is 1. The van der Waals surface area contributed by atoms with E-state index < -0.39 is 23.6 Å². The summed E-state index contributed by atoms with van der Waals surface area (Å²) in [7, 11) is 0. The maximum absolute atomic E-state index is 13.5. The molecule has 1 aromatic carbocycles. The zero-order chi connectivity index (χ0) is 20.1. The molecule has 0 spiro atoms. The van der Waals surface area contributed by atoms with E-state index in [0.29, 0.717) is 30.4 Å². The first-order chi connectivity index (χ1) is 13.5. The Morgan fingerprint density at radius 3 is 2.79 bits per heavy atom. The molecule has 9 heteroatoms. The molecule has 7 nitrogen and oxygen atoms in total. The van der Waals surface area contributed by atoms with E-state index in [1.54, 1.807) is 6.07 Å². The standard InChI is InChI=1S/C19H16F2N4O3/c1-12(3-2-6-27-18-10-16(11-22)28-24-18)19(26)25-17(4-5-23-25)13-7-14(20)9-15(21)8-13/h5,7-10,17H,1-4,6H2. The quantitative estimate of drug-likeness (QED) is 0.536. The number of rotatable bonds is 7. The third kappa shape index (κ3) is 4.40. The first-order valence-corrected chi connectivity index (χ1v) is 8.47. The van der Waals surface area contributed by atoms with Gasteiger partial charge in [0.25, 0.3) is 11.8 Å². The number of hydrazone groups is 1. The Labute approximate surface area is 159 Å². The number of halogens is 2. The highest BCUT2D eigenvalue weighted by molar-refractivity contribution is 5.94. The molecule has 0 saturated carbocycles. The molecule has 1 aliphatic heterocycles. The van der Waals surface area contributed by atoms with Gasteiger partial charge in [0.1, 0.15) is 17.7 Å². The van der Waals surface area contributed by atoms with Gasteiger partial charge in [-0.3, -0.25) is 4.79 Å². The second kappa shape index (κ2) is 8.43. The fraction of sp³-hybridized carbons (Fsp3) is 0.263. The topological polar surface area (TPSA) is 91.7 Å². The highest BCUT2D eigenvalue weighted by atomic mass is 19.1. The van der Waals surface area contributed by atoms with Gasteiger partial charge in [-0.15, -0.1) is 0 Å². The van der Waals surface area contributed by atoms with Gasteiger partial charge in [0.15, 0.2) is 0 Å². The number of amides is 1. The maximum Gasteiger partial charge on any atom is 0.269 e. The second-order valence-corrected chi connectivity index (χ2v) is 6.10. The van der Waals surface area contributed by atoms with Gasteiger partial charge in [-0.1, -0.05) is 6.58 Å². The lowest BCUT2D eigenvalue weighted by Crippen LogP contribution is -2.28. The van der Waals surface area contributed by atoms with E-state index in [1.807, 2.05) is 0 Å². The molecule has 28 heavy (non-hydrogen) atoms. The van der Waals surface area contributed by atoms with Crippen molar-refractivity contribution in [3.63, 3.8) is 0 Å². The number of hydrogen-bond donors (Lipinski definition) is 0. The van der Waals surface area contributed by atoms with Crippen molar-refractivity contribution in [2.24, 2.45) is 5.10 Å². The first kappa shape index (κ1) is 19.2. The van der Waals surface area contributed by atoms with Gasteiger partial charge in [0.05, 0.1) is 18.7 Å². The predicted octanol–water partition coefficient (Wildman–Crippen LogP) is 3.50. The zero-order valence-corrected chi connectivity index (χ0v) is 14.8. The van der Waals surface area contributed by atoms with Crippen molar-refractivity contribution >= 4 is 12.1 Å². The van der Waals surface area contributed by atoms with E-state index in [1.165, 1.54) is 29.4 Å². The molecule has 0 radical (unpaired) electrons. The van der Waals surface area contributed by atoms with E-state index in [4.69, 9.17) is 10.00 Å². The van der Waals surface area contributed by atoms with E-state index in [-0.39, 0.29) is 18.2 Å². The normalized spacial score (nSPS) is 15.5. The monoisotopic (exact) mass is 386 g/mol. The Balaban J connectivity index is 1.54. The van der Waals surface area contributed by atoms with Gasteiger partial charge in [-0.25, -0.2) is 13.8 Å². The van der Waals surface area contributed by atoms with Crippen LogP contribution in [0.25, 0.3) is 0 Å². The van der Waals surface area contributed by atoms with Gasteiger partial charge in [-0.05, 0) is 35.7 Å². The summed E-state index contributed by atoms with van der Waals surface area (Å²) in [6.07, 6.45) is 2.69. The molecule has 0 fully saturated rings. The smallest absolute Gasteiger partial charge is 0.269 e. The Kier molecular flexibility index (Phi) is 5.79. The minimum atomic E-state index is -0.710. The molecule has 3 rings (SSSR count). The van der Waals surface area contributed by atoms with Crippen LogP contribution in [0.3, 0.4) is 0 Å². The summed E-state index contributed by atoms with van der Waals surface area (Å²) in [5.74, 6) is -1.61. The molecule has 0 bridgehead atoms. The third-order valence-electron chi connectivity index (χ3n) is 4.08. The zero-order valence-electron chi connectivity index (χ0n) is 14.8. The number of nitrogens with zero attached hydrogens (tertiary/aromatic N) is 4. The van der Waals surface area contributed by atoms with Crippen molar-refractivity contribution < 1.29 is 22.8 Å². The molecule has 144 valence electrons. The van der Waals surface area contributed by atoms with Crippen LogP contribution in [0.15, 0.2) is 46.0 Å². The lowest BCUT2D eigenvalue weighted by molar-refractivity contribution is -0.129. The Morgan fingerprint density at radius 1 is 1.36 bits per heavy atom. The summed E-state index contributed by atoms with van der Waals surface area (Å²) < 4.78 is 37.0. The van der Waals surface area contributed by atoms with Crippen LogP contribution in [0.2, 0.25) is 0 Å². The van der Waals surface area contributed by atoms with E-state index >= 15 is 0 Å². The van der Waals surface area contributed by atoms with Gasteiger partial charge in [0.2, 0.25) is 5.76 Å². The largest absolute Gasteiger partial charge is 0.475 e. The molecular formula is C19H16F2N4O3. The van der Waals surface area contributed by atoms with Crippen molar-refractivity contribution in [1.82, 2.24) is 10.2 Å². The van der Waals surface area contributed by atoms with Gasteiger partial charge < -0.3 is 9.26 Å². The molecule has 1 unspecified atom stereocenters. The minimum absolute atomic E-state index is 0.0429. The van der Waals surface area contributed by atoms with Crippen LogP contribution in [-0.4, -0.2) is 28.9 Å². The fourth-order valence-electron chi connectivity index (χ4n) is 2.77. The van der Waals surface area contributed by atoms with Crippen molar-refractivity contribution in [3.05, 3.63) is 59.4 Å². The van der Waals surface area contributed by atoms with Crippen molar-refractivity contribution in [1.29, 1.82) is 5.26 Å². The number of nitriles is 1. The average molecular weight is 386 g/mol. The molecule has 1 amide bonds. The van der Waals surface area contributed by atoms with Crippen LogP contribution in [-0.2, 0) is 4.79 Å². The van der Waals surface area contributed by atoms with Gasteiger partial charge in [0, 0.05) is 24.3 Å². The van der Waals surface area contributed by atoms with Gasteiger partial charge in [-0.2, -0.15) is 10.4 Å². The average Bonchev–Trinajstić information content (AvgIpc) is 3.32. The van der Waals surface area contributed by atoms with Crippen LogP contribution in [0, 0.1) is 23.0 Å². The summed E-state index contributed by atoms with van der Waals surface area (Å²) in [6, 6.07) is 5.73. The van der Waals surface area contributed by atoms with Crippen LogP contribution in [0.1, 0.15) is 36.6 Å². The molecule has 1 aromatic heterocycles. The Bertz CT molecular complexity index is 944. The maximum atomic E-state index is 13.5. The summed E-state index contributed by atoms with van der Waals surface area (Å²) in [5.41, 5.74) is 0.626. The predicted molar refractivity (Wildman–Crippen MR) is 94.1 cm³/mol. The van der Waals surface area contributed by atoms with Gasteiger partial charge >= 0.3 is 0 Å². The lowest BCUT2D eigenvalue weighted by atomic mass is 10.0. The van der Waals surface area contributed by atoms with Crippen LogP contribution < -0.4 is 4.74 Å². The van der Waals surface area contributed by atoms with Crippen LogP contribution in [0.4, 0.5) is 8.78 Å². The minimum Gasteiger partial charge on any atom is -0.475 e. The number of hydrogen-bond acceptors (Lipinski definition) is 6. The first-order valence-electron chi connectivity index (χ1n) is 8.47. The fourth-order valence-corrected chi connectivity index (χ4v) is 2.77. The summed E-state index contributed by atoms with van der Waals surface area (Å²) >= 11 is 0. The second-order valence-electron chi connectivity index (χ2n) is 6.10. The Morgan fingerprint density at radius 2 is 2.11 bits per heavy atom. The summed E-state index contributed by atoms with van der Waals surface area (Å²) in [5, 5.41) is 17.4. The summed E-state index contributed by atoms with van der Waals surface area (Å²) in [6.45, 7) is 4.02. The SMILES string of the molecule is C=C(CCCOc1cc(C#N)on1)C(=O)N1N=CCC1c1cc(F)cc(F)c1. The summed E-state index contributed by atoms with van der Waals surface area (Å²) in [4.78, 5) is 12.6. The molecule has 2 heterocycles. The number of aromatic nitrogens is 1. The molecule has 1 aliphatic rings. The molecule has 0 saturated heterocycles. The Hall–Kier alpha value is -3.54. The number of carbonyl (C=O) groups is 1. The van der Waals surface area contributed by atoms with Crippen LogP contribution in [0.5, 0.6) is 5.88 Å². The molecule has 1 atom stereocenters. The van der Waals surface area contributed by atoms with Crippen molar-refractivity contribution in [2.75, 3.05) is 6.61 Å².